The van der Waals surface area contributed by atoms with Gasteiger partial charge in [-0.2, -0.15) is 0 Å². The van der Waals surface area contributed by atoms with E-state index in [1.807, 2.05) is 0 Å². The molecule has 0 saturated heterocycles. The maximum Gasteiger partial charge on any atom is 0.145 e. The fraction of sp³-hybridized carbons (Fsp3) is 0.0588. The van der Waals surface area contributed by atoms with Crippen molar-refractivity contribution in [3.05, 3.63) is 199 Å². The predicted molar refractivity (Wildman–Crippen MR) is 222 cm³/mol. The van der Waals surface area contributed by atoms with Crippen LogP contribution in [0.5, 0.6) is 0 Å². The Morgan fingerprint density at radius 1 is 0.415 bits per heavy atom. The summed E-state index contributed by atoms with van der Waals surface area (Å²) in [6.07, 6.45) is 0. The number of hydrogen-bond donors (Lipinski definition) is 0. The lowest BCUT2D eigenvalue weighted by atomic mass is 9.82. The van der Waals surface area contributed by atoms with Gasteiger partial charge in [-0.05, 0) is 98.6 Å². The number of furan rings is 1. The van der Waals surface area contributed by atoms with Crippen LogP contribution in [0.2, 0.25) is 0 Å². The van der Waals surface area contributed by atoms with Gasteiger partial charge in [-0.1, -0.05) is 153 Å². The van der Waals surface area contributed by atoms with E-state index in [9.17, 15) is 0 Å². The quantitative estimate of drug-likeness (QED) is 0.174. The van der Waals surface area contributed by atoms with E-state index >= 15 is 0 Å². The summed E-state index contributed by atoms with van der Waals surface area (Å²) >= 11 is 0. The molecule has 0 atom stereocenters. The van der Waals surface area contributed by atoms with E-state index < -0.39 is 0 Å². The van der Waals surface area contributed by atoms with Crippen LogP contribution in [0, 0.1) is 0 Å². The molecular formula is C51H37NO. The van der Waals surface area contributed by atoms with Crippen molar-refractivity contribution >= 4 is 39.0 Å². The second-order valence-corrected chi connectivity index (χ2v) is 14.5. The molecule has 0 spiro atoms. The fourth-order valence-corrected chi connectivity index (χ4v) is 8.38. The molecule has 0 bridgehead atoms. The maximum atomic E-state index is 7.01. The van der Waals surface area contributed by atoms with Crippen molar-refractivity contribution in [1.29, 1.82) is 0 Å². The summed E-state index contributed by atoms with van der Waals surface area (Å²) in [6, 6.07) is 67.6. The molecule has 0 N–H and O–H groups in total. The normalized spacial score (nSPS) is 12.9. The zero-order chi connectivity index (χ0) is 35.5. The Kier molecular flexibility index (Phi) is 7.19. The fourth-order valence-electron chi connectivity index (χ4n) is 8.38. The summed E-state index contributed by atoms with van der Waals surface area (Å²) in [5.41, 5.74) is 17.2. The van der Waals surface area contributed by atoms with Crippen LogP contribution in [-0.2, 0) is 5.41 Å². The van der Waals surface area contributed by atoms with Gasteiger partial charge in [-0.3, -0.25) is 0 Å². The highest BCUT2D eigenvalue weighted by Crippen LogP contribution is 2.53. The first kappa shape index (κ1) is 31.1. The lowest BCUT2D eigenvalue weighted by Gasteiger charge is -2.27. The predicted octanol–water partition coefficient (Wildman–Crippen LogP) is 14.4. The number of fused-ring (bicyclic) bond motifs is 6. The molecule has 9 aromatic rings. The van der Waals surface area contributed by atoms with Crippen molar-refractivity contribution in [2.45, 2.75) is 19.3 Å². The molecule has 0 aliphatic heterocycles. The summed E-state index contributed by atoms with van der Waals surface area (Å²) in [6.45, 7) is 4.65. The molecule has 0 unspecified atom stereocenters. The minimum Gasteiger partial charge on any atom is -0.455 e. The first-order valence-electron chi connectivity index (χ1n) is 18.3. The summed E-state index contributed by atoms with van der Waals surface area (Å²) in [4.78, 5) is 2.37. The highest BCUT2D eigenvalue weighted by Gasteiger charge is 2.36. The first-order chi connectivity index (χ1) is 26.0. The van der Waals surface area contributed by atoms with Gasteiger partial charge in [0, 0.05) is 27.7 Å². The Morgan fingerprint density at radius 3 is 1.60 bits per heavy atom. The van der Waals surface area contributed by atoms with E-state index in [0.29, 0.717) is 0 Å². The smallest absolute Gasteiger partial charge is 0.145 e. The molecule has 2 nitrogen and oxygen atoms in total. The summed E-state index contributed by atoms with van der Waals surface area (Å²) in [7, 11) is 0. The number of para-hydroxylation sites is 1. The van der Waals surface area contributed by atoms with E-state index in [-0.39, 0.29) is 5.41 Å². The average molecular weight is 680 g/mol. The van der Waals surface area contributed by atoms with E-state index in [1.54, 1.807) is 0 Å². The zero-order valence-electron chi connectivity index (χ0n) is 29.8. The lowest BCUT2D eigenvalue weighted by Crippen LogP contribution is -2.14. The molecule has 0 fully saturated rings. The van der Waals surface area contributed by atoms with Gasteiger partial charge < -0.3 is 9.32 Å². The van der Waals surface area contributed by atoms with Gasteiger partial charge in [-0.15, -0.1) is 0 Å². The Labute approximate surface area is 310 Å². The molecular weight excluding hydrogens is 643 g/mol. The van der Waals surface area contributed by atoms with Gasteiger partial charge in [0.15, 0.2) is 0 Å². The molecule has 1 heterocycles. The minimum atomic E-state index is -0.121. The van der Waals surface area contributed by atoms with Crippen LogP contribution >= 0.6 is 0 Å². The van der Waals surface area contributed by atoms with E-state index in [0.717, 1.165) is 50.1 Å². The largest absolute Gasteiger partial charge is 0.455 e. The minimum absolute atomic E-state index is 0.121. The molecule has 0 saturated carbocycles. The van der Waals surface area contributed by atoms with Crippen molar-refractivity contribution in [3.8, 4) is 44.5 Å². The van der Waals surface area contributed by atoms with Gasteiger partial charge in [0.05, 0.1) is 11.1 Å². The van der Waals surface area contributed by atoms with E-state index in [2.05, 4.69) is 207 Å². The molecule has 10 rings (SSSR count). The molecule has 1 aliphatic rings. The second-order valence-electron chi connectivity index (χ2n) is 14.5. The van der Waals surface area contributed by atoms with Crippen molar-refractivity contribution < 1.29 is 4.42 Å². The van der Waals surface area contributed by atoms with Crippen molar-refractivity contribution in [3.63, 3.8) is 0 Å². The number of benzene rings is 8. The average Bonchev–Trinajstić information content (AvgIpc) is 3.70. The Bertz CT molecular complexity index is 2760. The van der Waals surface area contributed by atoms with Crippen LogP contribution in [0.25, 0.3) is 66.4 Å². The highest BCUT2D eigenvalue weighted by atomic mass is 16.3. The van der Waals surface area contributed by atoms with Crippen LogP contribution in [0.1, 0.15) is 25.0 Å². The molecule has 2 heteroatoms. The van der Waals surface area contributed by atoms with Crippen LogP contribution < -0.4 is 4.90 Å². The third-order valence-corrected chi connectivity index (χ3v) is 11.1. The molecule has 252 valence electrons. The van der Waals surface area contributed by atoms with Gasteiger partial charge in [-0.25, -0.2) is 0 Å². The van der Waals surface area contributed by atoms with E-state index in [4.69, 9.17) is 4.42 Å². The van der Waals surface area contributed by atoms with Gasteiger partial charge >= 0.3 is 0 Å². The topological polar surface area (TPSA) is 16.4 Å². The van der Waals surface area contributed by atoms with Crippen LogP contribution in [0.4, 0.5) is 17.1 Å². The first-order valence-corrected chi connectivity index (χ1v) is 18.3. The Hall–Kier alpha value is -6.64. The SMILES string of the molecule is CC1(C)c2ccccc2-c2cc3c(cc21)oc1c(-c2ccccc2)ccc(N(c2ccccc2)c2ccc(-c4ccc(-c5ccccc5)cc4)cc2)c13. The van der Waals surface area contributed by atoms with Gasteiger partial charge in [0.25, 0.3) is 0 Å². The summed E-state index contributed by atoms with van der Waals surface area (Å²) in [5, 5.41) is 2.23. The van der Waals surface area contributed by atoms with Crippen LogP contribution in [-0.4, -0.2) is 0 Å². The highest BCUT2D eigenvalue weighted by molar-refractivity contribution is 6.18. The third-order valence-electron chi connectivity index (χ3n) is 11.1. The molecule has 1 aromatic heterocycles. The number of nitrogens with zero attached hydrogens (tertiary/aromatic N) is 1. The maximum absolute atomic E-state index is 7.01. The lowest BCUT2D eigenvalue weighted by molar-refractivity contribution is 0.648. The van der Waals surface area contributed by atoms with Gasteiger partial charge in [0.2, 0.25) is 0 Å². The van der Waals surface area contributed by atoms with Crippen LogP contribution in [0.3, 0.4) is 0 Å². The van der Waals surface area contributed by atoms with E-state index in [1.165, 1.54) is 44.5 Å². The monoisotopic (exact) mass is 679 g/mol. The number of rotatable bonds is 6. The van der Waals surface area contributed by atoms with Crippen molar-refractivity contribution in [1.82, 2.24) is 0 Å². The second kappa shape index (κ2) is 12.3. The Balaban J connectivity index is 1.16. The molecule has 8 aromatic carbocycles. The van der Waals surface area contributed by atoms with Crippen molar-refractivity contribution in [2.24, 2.45) is 0 Å². The molecule has 53 heavy (non-hydrogen) atoms. The number of anilines is 3. The molecule has 0 radical (unpaired) electrons. The Morgan fingerprint density at radius 2 is 0.943 bits per heavy atom. The van der Waals surface area contributed by atoms with Gasteiger partial charge in [0.1, 0.15) is 11.2 Å². The zero-order valence-corrected chi connectivity index (χ0v) is 29.8. The third kappa shape index (κ3) is 5.10. The van der Waals surface area contributed by atoms with Crippen molar-refractivity contribution in [2.75, 3.05) is 4.90 Å². The summed E-state index contributed by atoms with van der Waals surface area (Å²) in [5.74, 6) is 0. The summed E-state index contributed by atoms with van der Waals surface area (Å²) < 4.78 is 7.01. The molecule has 0 amide bonds. The standard InChI is InChI=1S/C51H37NO/c1-51(2)45-21-13-12-20-42(45)43-32-44-48(33-46(43)51)53-50-41(38-16-8-4-9-17-38)30-31-47(49(44)50)52(39-18-10-5-11-19-39)40-28-26-37(27-29-40)36-24-22-35(23-25-36)34-14-6-3-7-15-34/h3-33H,1-2H3. The number of hydrogen-bond acceptors (Lipinski definition) is 2. The van der Waals surface area contributed by atoms with Crippen LogP contribution in [0.15, 0.2) is 192 Å². The molecule has 1 aliphatic carbocycles.